The van der Waals surface area contributed by atoms with Gasteiger partial charge in [0, 0.05) is 0 Å². The molecule has 2 fully saturated rings. The van der Waals surface area contributed by atoms with Gasteiger partial charge >= 0.3 is 7.82 Å². The molecular weight excluding hydrogens is 327 g/mol. The fourth-order valence-corrected chi connectivity index (χ4v) is 6.11. The number of phosphoric acid groups is 1. The van der Waals surface area contributed by atoms with E-state index in [0.717, 1.165) is 44.1 Å². The van der Waals surface area contributed by atoms with Crippen molar-refractivity contribution < 1.29 is 24.0 Å². The summed E-state index contributed by atoms with van der Waals surface area (Å²) < 4.78 is 15.8. The van der Waals surface area contributed by atoms with E-state index in [1.807, 2.05) is 6.07 Å². The molecule has 0 radical (unpaired) electrons. The van der Waals surface area contributed by atoms with E-state index in [9.17, 15) is 9.67 Å². The second-order valence-electron chi connectivity index (χ2n) is 8.00. The largest absolute Gasteiger partial charge is 0.524 e. The van der Waals surface area contributed by atoms with E-state index in [2.05, 4.69) is 6.92 Å². The van der Waals surface area contributed by atoms with Crippen LogP contribution in [0.25, 0.3) is 0 Å². The first-order valence-corrected chi connectivity index (χ1v) is 10.4. The van der Waals surface area contributed by atoms with E-state index < -0.39 is 7.82 Å². The minimum absolute atomic E-state index is 0.0716. The van der Waals surface area contributed by atoms with Crippen molar-refractivity contribution in [1.82, 2.24) is 0 Å². The predicted molar refractivity (Wildman–Crippen MR) is 89.7 cm³/mol. The Balaban J connectivity index is 1.62. The lowest BCUT2D eigenvalue weighted by Crippen LogP contribution is -2.43. The molecule has 5 atom stereocenters. The molecule has 0 amide bonds. The Morgan fingerprint density at radius 2 is 2.00 bits per heavy atom. The van der Waals surface area contributed by atoms with Gasteiger partial charge in [-0.15, -0.1) is 0 Å². The van der Waals surface area contributed by atoms with Gasteiger partial charge in [-0.25, -0.2) is 4.57 Å². The van der Waals surface area contributed by atoms with Crippen LogP contribution in [0.5, 0.6) is 5.75 Å². The van der Waals surface area contributed by atoms with E-state index in [4.69, 9.17) is 14.3 Å². The minimum atomic E-state index is -4.51. The van der Waals surface area contributed by atoms with Crippen LogP contribution in [0.2, 0.25) is 0 Å². The highest BCUT2D eigenvalue weighted by atomic mass is 31.2. The fraction of sp³-hybridized carbons (Fsp3) is 0.667. The van der Waals surface area contributed by atoms with E-state index in [1.165, 1.54) is 5.56 Å². The zero-order valence-corrected chi connectivity index (χ0v) is 14.8. The quantitative estimate of drug-likeness (QED) is 0.711. The van der Waals surface area contributed by atoms with Crippen LogP contribution in [0.4, 0.5) is 0 Å². The minimum Gasteiger partial charge on any atom is -0.404 e. The van der Waals surface area contributed by atoms with Crippen molar-refractivity contribution in [2.45, 2.75) is 57.5 Å². The second-order valence-corrected chi connectivity index (χ2v) is 9.16. The summed E-state index contributed by atoms with van der Waals surface area (Å²) in [5, 5.41) is 10.4. The van der Waals surface area contributed by atoms with Crippen molar-refractivity contribution in [3.8, 4) is 5.75 Å². The van der Waals surface area contributed by atoms with Gasteiger partial charge in [-0.05, 0) is 85.0 Å². The van der Waals surface area contributed by atoms with Crippen LogP contribution in [0.1, 0.15) is 56.1 Å². The smallest absolute Gasteiger partial charge is 0.404 e. The van der Waals surface area contributed by atoms with Crippen LogP contribution in [0.15, 0.2) is 18.2 Å². The second kappa shape index (κ2) is 5.57. The van der Waals surface area contributed by atoms with Crippen molar-refractivity contribution in [2.24, 2.45) is 17.3 Å². The van der Waals surface area contributed by atoms with Gasteiger partial charge in [-0.2, -0.15) is 0 Å². The van der Waals surface area contributed by atoms with Crippen LogP contribution in [-0.4, -0.2) is 21.0 Å². The number of hydrogen-bond acceptors (Lipinski definition) is 3. The van der Waals surface area contributed by atoms with Crippen molar-refractivity contribution in [1.29, 1.82) is 0 Å². The van der Waals surface area contributed by atoms with Crippen LogP contribution in [0.3, 0.4) is 0 Å². The molecule has 1 aromatic carbocycles. The molecule has 4 rings (SSSR count). The summed E-state index contributed by atoms with van der Waals surface area (Å²) in [7, 11) is -4.51. The van der Waals surface area contributed by atoms with Gasteiger partial charge in [0.1, 0.15) is 5.75 Å². The summed E-state index contributed by atoms with van der Waals surface area (Å²) in [5.41, 5.74) is 2.54. The van der Waals surface area contributed by atoms with E-state index >= 15 is 0 Å². The molecule has 3 aliphatic carbocycles. The number of hydrogen-bond donors (Lipinski definition) is 3. The molecule has 1 unspecified atom stereocenters. The molecule has 132 valence electrons. The maximum Gasteiger partial charge on any atom is 0.524 e. The lowest BCUT2D eigenvalue weighted by molar-refractivity contribution is -0.0226. The fourth-order valence-electron chi connectivity index (χ4n) is 5.73. The number of aliphatic hydroxyl groups excluding tert-OH is 1. The highest BCUT2D eigenvalue weighted by Crippen LogP contribution is 2.61. The topological polar surface area (TPSA) is 87.0 Å². The molecule has 6 heteroatoms. The Hall–Kier alpha value is -0.870. The highest BCUT2D eigenvalue weighted by Gasteiger charge is 2.54. The number of benzene rings is 1. The average Bonchev–Trinajstić information content (AvgIpc) is 2.81. The van der Waals surface area contributed by atoms with Gasteiger partial charge in [0.15, 0.2) is 0 Å². The molecule has 0 saturated heterocycles. The zero-order valence-electron chi connectivity index (χ0n) is 13.9. The normalized spacial score (nSPS) is 38.2. The van der Waals surface area contributed by atoms with Gasteiger partial charge < -0.3 is 9.63 Å². The molecule has 2 saturated carbocycles. The zero-order chi connectivity index (χ0) is 17.1. The van der Waals surface area contributed by atoms with Gasteiger partial charge in [-0.3, -0.25) is 9.79 Å². The number of rotatable bonds is 2. The third-order valence-electron chi connectivity index (χ3n) is 6.87. The summed E-state index contributed by atoms with van der Waals surface area (Å²) in [4.78, 5) is 18.0. The van der Waals surface area contributed by atoms with Gasteiger partial charge in [-0.1, -0.05) is 13.0 Å². The first-order chi connectivity index (χ1) is 11.3. The Kier molecular flexibility index (Phi) is 3.85. The third kappa shape index (κ3) is 2.62. The van der Waals surface area contributed by atoms with E-state index in [1.54, 1.807) is 12.1 Å². The van der Waals surface area contributed by atoms with Crippen molar-refractivity contribution in [3.63, 3.8) is 0 Å². The van der Waals surface area contributed by atoms with Crippen LogP contribution >= 0.6 is 7.82 Å². The molecular formula is C18H25O5P. The lowest BCUT2D eigenvalue weighted by atomic mass is 9.55. The Morgan fingerprint density at radius 1 is 1.21 bits per heavy atom. The highest BCUT2D eigenvalue weighted by molar-refractivity contribution is 7.46. The summed E-state index contributed by atoms with van der Waals surface area (Å²) in [6, 6.07) is 5.46. The molecule has 0 spiro atoms. The number of aryl methyl sites for hydroxylation is 1. The Labute approximate surface area is 142 Å². The first-order valence-electron chi connectivity index (χ1n) is 8.84. The SMILES string of the molecule is C[C@]12CC[C@@H]3c4ccc(OP(=O)(O)O)cc4CC[C@H]3[C@@H]1CCC2O. The molecule has 3 aliphatic rings. The predicted octanol–water partition coefficient (Wildman–Crippen LogP) is 3.38. The Bertz CT molecular complexity index is 699. The summed E-state index contributed by atoms with van der Waals surface area (Å²) in [5.74, 6) is 1.95. The van der Waals surface area contributed by atoms with E-state index in [0.29, 0.717) is 17.8 Å². The standard InChI is InChI=1S/C18H25O5P/c1-18-9-8-14-13-5-3-12(23-24(20,21)22)10-11(13)2-4-15(14)16(18)6-7-17(18)19/h3,5,10,14-17,19H,2,4,6-9H2,1H3,(H2,20,21,22)/t14-,15-,16+,17?,18+/m1/s1. The Morgan fingerprint density at radius 3 is 2.75 bits per heavy atom. The van der Waals surface area contributed by atoms with Crippen LogP contribution in [-0.2, 0) is 11.0 Å². The summed E-state index contributed by atoms with van der Waals surface area (Å²) >= 11 is 0. The maximum atomic E-state index is 11.0. The van der Waals surface area contributed by atoms with E-state index in [-0.39, 0.29) is 17.3 Å². The molecule has 5 nitrogen and oxygen atoms in total. The summed E-state index contributed by atoms with van der Waals surface area (Å²) in [6.07, 6.45) is 6.02. The van der Waals surface area contributed by atoms with Crippen molar-refractivity contribution >= 4 is 7.82 Å². The molecule has 24 heavy (non-hydrogen) atoms. The van der Waals surface area contributed by atoms with Crippen LogP contribution < -0.4 is 4.52 Å². The maximum absolute atomic E-state index is 11.0. The van der Waals surface area contributed by atoms with Crippen molar-refractivity contribution in [3.05, 3.63) is 29.3 Å². The van der Waals surface area contributed by atoms with Gasteiger partial charge in [0.05, 0.1) is 6.10 Å². The molecule has 0 bridgehead atoms. The molecule has 0 aliphatic heterocycles. The monoisotopic (exact) mass is 352 g/mol. The average molecular weight is 352 g/mol. The third-order valence-corrected chi connectivity index (χ3v) is 7.32. The van der Waals surface area contributed by atoms with Crippen LogP contribution in [0, 0.1) is 17.3 Å². The molecule has 0 heterocycles. The molecule has 3 N–H and O–H groups in total. The summed E-state index contributed by atoms with van der Waals surface area (Å²) in [6.45, 7) is 2.26. The number of fused-ring (bicyclic) bond motifs is 5. The molecule has 0 aromatic heterocycles. The number of phosphoric ester groups is 1. The van der Waals surface area contributed by atoms with Gasteiger partial charge in [0.25, 0.3) is 0 Å². The molecule has 1 aromatic rings. The first kappa shape index (κ1) is 16.6. The van der Waals surface area contributed by atoms with Crippen molar-refractivity contribution in [2.75, 3.05) is 0 Å². The number of aliphatic hydroxyl groups is 1. The lowest BCUT2D eigenvalue weighted by Gasteiger charge is -2.50. The van der Waals surface area contributed by atoms with Gasteiger partial charge in [0.2, 0.25) is 0 Å².